The van der Waals surface area contributed by atoms with Gasteiger partial charge in [0.1, 0.15) is 9.88 Å². The summed E-state index contributed by atoms with van der Waals surface area (Å²) in [6.45, 7) is 2.01. The molecule has 0 fully saturated rings. The van der Waals surface area contributed by atoms with Crippen LogP contribution in [-0.4, -0.2) is 16.1 Å². The monoisotopic (exact) mass is 301 g/mol. The highest BCUT2D eigenvalue weighted by Crippen LogP contribution is 2.37. The van der Waals surface area contributed by atoms with E-state index in [2.05, 4.69) is 4.98 Å². The number of aromatic carboxylic acids is 1. The van der Waals surface area contributed by atoms with Crippen LogP contribution in [0.15, 0.2) is 41.8 Å². The Morgan fingerprint density at radius 3 is 2.55 bits per heavy atom. The molecule has 0 amide bonds. The van der Waals surface area contributed by atoms with Crippen molar-refractivity contribution in [3.8, 4) is 21.1 Å². The van der Waals surface area contributed by atoms with E-state index in [1.54, 1.807) is 11.3 Å². The first-order valence-electron chi connectivity index (χ1n) is 6.01. The van der Waals surface area contributed by atoms with E-state index in [9.17, 15) is 9.90 Å². The lowest BCUT2D eigenvalue weighted by Gasteiger charge is -1.97. The van der Waals surface area contributed by atoms with Gasteiger partial charge in [0.2, 0.25) is 0 Å². The molecular formula is C15H11NO2S2. The molecule has 1 N–H and O–H groups in total. The van der Waals surface area contributed by atoms with E-state index < -0.39 is 5.97 Å². The number of rotatable bonds is 3. The molecule has 0 unspecified atom stereocenters. The average molecular weight is 301 g/mol. The fourth-order valence-corrected chi connectivity index (χ4v) is 3.96. The Bertz CT molecular complexity index is 759. The van der Waals surface area contributed by atoms with E-state index in [1.807, 2.05) is 48.7 Å². The standard InChI is InChI=1S/C15H11NO2S2/c1-9-7-8-19-12(9)14-16-11(13(20-14)15(17)18)10-5-3-2-4-6-10/h2-8H,1H3,(H,17,18). The van der Waals surface area contributed by atoms with Gasteiger partial charge in [-0.15, -0.1) is 22.7 Å². The van der Waals surface area contributed by atoms with Crippen molar-refractivity contribution in [1.29, 1.82) is 0 Å². The van der Waals surface area contributed by atoms with Gasteiger partial charge >= 0.3 is 5.97 Å². The van der Waals surface area contributed by atoms with Crippen molar-refractivity contribution >= 4 is 28.6 Å². The molecule has 2 heterocycles. The fourth-order valence-electron chi connectivity index (χ4n) is 1.95. The lowest BCUT2D eigenvalue weighted by molar-refractivity contribution is 0.0702. The Kier molecular flexibility index (Phi) is 3.38. The summed E-state index contributed by atoms with van der Waals surface area (Å²) in [6, 6.07) is 11.5. The Balaban J connectivity index is 2.18. The SMILES string of the molecule is Cc1ccsc1-c1nc(-c2ccccc2)c(C(=O)O)s1. The number of thiazole rings is 1. The van der Waals surface area contributed by atoms with Crippen molar-refractivity contribution < 1.29 is 9.90 Å². The highest BCUT2D eigenvalue weighted by atomic mass is 32.1. The number of benzene rings is 1. The number of hydrogen-bond donors (Lipinski definition) is 1. The summed E-state index contributed by atoms with van der Waals surface area (Å²) < 4.78 is 0. The molecule has 0 atom stereocenters. The molecular weight excluding hydrogens is 290 g/mol. The van der Waals surface area contributed by atoms with Gasteiger partial charge in [0, 0.05) is 5.56 Å². The molecule has 0 aliphatic carbocycles. The molecule has 2 aromatic heterocycles. The topological polar surface area (TPSA) is 50.2 Å². The fraction of sp³-hybridized carbons (Fsp3) is 0.0667. The molecule has 3 aromatic rings. The van der Waals surface area contributed by atoms with Crippen LogP contribution >= 0.6 is 22.7 Å². The number of carbonyl (C=O) groups is 1. The van der Waals surface area contributed by atoms with E-state index in [-0.39, 0.29) is 0 Å². The predicted octanol–water partition coefficient (Wildman–Crippen LogP) is 4.55. The maximum absolute atomic E-state index is 11.4. The summed E-state index contributed by atoms with van der Waals surface area (Å²) in [7, 11) is 0. The quantitative estimate of drug-likeness (QED) is 0.772. The predicted molar refractivity (Wildman–Crippen MR) is 82.6 cm³/mol. The zero-order valence-electron chi connectivity index (χ0n) is 10.7. The Morgan fingerprint density at radius 1 is 1.20 bits per heavy atom. The summed E-state index contributed by atoms with van der Waals surface area (Å²) in [5.41, 5.74) is 2.51. The molecule has 3 rings (SSSR count). The van der Waals surface area contributed by atoms with Gasteiger partial charge in [0.05, 0.1) is 10.6 Å². The first-order chi connectivity index (χ1) is 9.66. The molecule has 0 bridgehead atoms. The van der Waals surface area contributed by atoms with Gasteiger partial charge in [0.15, 0.2) is 0 Å². The highest BCUT2D eigenvalue weighted by molar-refractivity contribution is 7.22. The van der Waals surface area contributed by atoms with Crippen LogP contribution in [0.3, 0.4) is 0 Å². The molecule has 0 saturated carbocycles. The van der Waals surface area contributed by atoms with Gasteiger partial charge in [-0.25, -0.2) is 9.78 Å². The second-order valence-corrected chi connectivity index (χ2v) is 6.22. The molecule has 20 heavy (non-hydrogen) atoms. The van der Waals surface area contributed by atoms with Crippen molar-refractivity contribution in [2.24, 2.45) is 0 Å². The third kappa shape index (κ3) is 2.26. The van der Waals surface area contributed by atoms with E-state index in [0.717, 1.165) is 21.0 Å². The molecule has 0 aliphatic heterocycles. The van der Waals surface area contributed by atoms with Gasteiger partial charge in [-0.2, -0.15) is 0 Å². The van der Waals surface area contributed by atoms with Gasteiger partial charge < -0.3 is 5.11 Å². The van der Waals surface area contributed by atoms with Crippen LogP contribution in [-0.2, 0) is 0 Å². The van der Waals surface area contributed by atoms with Crippen LogP contribution in [0.25, 0.3) is 21.1 Å². The molecule has 1 aromatic carbocycles. The first kappa shape index (κ1) is 13.0. The molecule has 100 valence electrons. The molecule has 5 heteroatoms. The van der Waals surface area contributed by atoms with Crippen molar-refractivity contribution in [1.82, 2.24) is 4.98 Å². The minimum atomic E-state index is -0.929. The summed E-state index contributed by atoms with van der Waals surface area (Å²) in [5.74, 6) is -0.929. The molecule has 0 aliphatic rings. The molecule has 0 spiro atoms. The summed E-state index contributed by atoms with van der Waals surface area (Å²) in [4.78, 5) is 17.3. The lowest BCUT2D eigenvalue weighted by atomic mass is 10.1. The van der Waals surface area contributed by atoms with E-state index in [1.165, 1.54) is 11.3 Å². The van der Waals surface area contributed by atoms with Crippen molar-refractivity contribution in [2.75, 3.05) is 0 Å². The number of nitrogens with zero attached hydrogens (tertiary/aromatic N) is 1. The second-order valence-electron chi connectivity index (χ2n) is 4.30. The number of carboxylic acid groups (broad SMARTS) is 1. The third-order valence-electron chi connectivity index (χ3n) is 2.92. The Labute approximate surface area is 124 Å². The van der Waals surface area contributed by atoms with Crippen molar-refractivity contribution in [3.63, 3.8) is 0 Å². The van der Waals surface area contributed by atoms with Crippen LogP contribution in [0, 0.1) is 6.92 Å². The molecule has 0 saturated heterocycles. The number of thiophene rings is 1. The summed E-state index contributed by atoms with van der Waals surface area (Å²) in [6.07, 6.45) is 0. The zero-order valence-corrected chi connectivity index (χ0v) is 12.3. The van der Waals surface area contributed by atoms with Crippen LogP contribution in [0.1, 0.15) is 15.2 Å². The highest BCUT2D eigenvalue weighted by Gasteiger charge is 2.20. The van der Waals surface area contributed by atoms with E-state index >= 15 is 0 Å². The number of hydrogen-bond acceptors (Lipinski definition) is 4. The summed E-state index contributed by atoms with van der Waals surface area (Å²) in [5, 5.41) is 12.1. The largest absolute Gasteiger partial charge is 0.477 e. The molecule has 0 radical (unpaired) electrons. The van der Waals surface area contributed by atoms with Gasteiger partial charge in [-0.05, 0) is 23.9 Å². The number of aromatic nitrogens is 1. The molecule has 3 nitrogen and oxygen atoms in total. The zero-order chi connectivity index (χ0) is 14.1. The van der Waals surface area contributed by atoms with Crippen LogP contribution in [0.4, 0.5) is 0 Å². The minimum Gasteiger partial charge on any atom is -0.477 e. The summed E-state index contributed by atoms with van der Waals surface area (Å²) >= 11 is 2.82. The van der Waals surface area contributed by atoms with Gasteiger partial charge in [0.25, 0.3) is 0 Å². The maximum Gasteiger partial charge on any atom is 0.348 e. The Hall–Kier alpha value is -1.98. The number of aryl methyl sites for hydroxylation is 1. The van der Waals surface area contributed by atoms with Crippen molar-refractivity contribution in [2.45, 2.75) is 6.92 Å². The minimum absolute atomic E-state index is 0.291. The van der Waals surface area contributed by atoms with Crippen LogP contribution in [0.5, 0.6) is 0 Å². The maximum atomic E-state index is 11.4. The normalized spacial score (nSPS) is 10.7. The van der Waals surface area contributed by atoms with Gasteiger partial charge in [-0.3, -0.25) is 0 Å². The van der Waals surface area contributed by atoms with Gasteiger partial charge in [-0.1, -0.05) is 30.3 Å². The smallest absolute Gasteiger partial charge is 0.348 e. The van der Waals surface area contributed by atoms with Crippen molar-refractivity contribution in [3.05, 3.63) is 52.2 Å². The van der Waals surface area contributed by atoms with E-state index in [4.69, 9.17) is 0 Å². The van der Waals surface area contributed by atoms with Crippen LogP contribution in [0.2, 0.25) is 0 Å². The second kappa shape index (κ2) is 5.19. The van der Waals surface area contributed by atoms with Crippen LogP contribution < -0.4 is 0 Å². The average Bonchev–Trinajstić information content (AvgIpc) is 3.05. The lowest BCUT2D eigenvalue weighted by Crippen LogP contribution is -1.95. The first-order valence-corrected chi connectivity index (χ1v) is 7.70. The van der Waals surface area contributed by atoms with E-state index in [0.29, 0.717) is 10.6 Å². The Morgan fingerprint density at radius 2 is 1.95 bits per heavy atom. The number of carboxylic acids is 1. The third-order valence-corrected chi connectivity index (χ3v) is 5.14.